The quantitative estimate of drug-likeness (QED) is 0.671. The van der Waals surface area contributed by atoms with Crippen LogP contribution >= 0.6 is 0 Å². The summed E-state index contributed by atoms with van der Waals surface area (Å²) in [6.45, 7) is 0.754. The fourth-order valence-corrected chi connectivity index (χ4v) is 4.08. The zero-order valence-electron chi connectivity index (χ0n) is 15.6. The summed E-state index contributed by atoms with van der Waals surface area (Å²) in [6.07, 6.45) is 4.78. The lowest BCUT2D eigenvalue weighted by Crippen LogP contribution is -2.42. The van der Waals surface area contributed by atoms with Crippen LogP contribution in [0.4, 0.5) is 5.95 Å². The van der Waals surface area contributed by atoms with Gasteiger partial charge in [0.05, 0.1) is 0 Å². The van der Waals surface area contributed by atoms with Gasteiger partial charge in [0.1, 0.15) is 7.11 Å². The second kappa shape index (κ2) is 8.20. The molecule has 27 heavy (non-hydrogen) atoms. The second-order valence-corrected chi connectivity index (χ2v) is 7.01. The highest BCUT2D eigenvalue weighted by Crippen LogP contribution is 2.37. The lowest BCUT2D eigenvalue weighted by Gasteiger charge is -2.39. The molecule has 3 aromatic rings. The Morgan fingerprint density at radius 2 is 1.70 bits per heavy atom. The molecule has 6 nitrogen and oxygen atoms in total. The number of anilines is 1. The van der Waals surface area contributed by atoms with Crippen molar-refractivity contribution in [2.75, 3.05) is 12.0 Å². The van der Waals surface area contributed by atoms with Gasteiger partial charge in [0.25, 0.3) is 5.95 Å². The molecular weight excluding hydrogens is 338 g/mol. The van der Waals surface area contributed by atoms with Crippen LogP contribution in [0.2, 0.25) is 0 Å². The summed E-state index contributed by atoms with van der Waals surface area (Å²) in [6, 6.07) is 21.6. The first kappa shape index (κ1) is 17.5. The average Bonchev–Trinajstić information content (AvgIpc) is 3.22. The third-order valence-electron chi connectivity index (χ3n) is 5.36. The van der Waals surface area contributed by atoms with Crippen molar-refractivity contribution >= 4 is 5.95 Å². The summed E-state index contributed by atoms with van der Waals surface area (Å²) < 4.78 is 0. The van der Waals surface area contributed by atoms with Crippen molar-refractivity contribution in [2.24, 2.45) is 0 Å². The van der Waals surface area contributed by atoms with Crippen LogP contribution in [-0.4, -0.2) is 33.5 Å². The standard InChI is InChI=1S/C21H25N5O/c1-27-26-23-21(22-24-26)25(16-17-10-4-2-5-11-17)20-15-9-8-14-19(20)18-12-6-3-7-13-18/h2-7,10-13,19-20H,8-9,14-16H2,1H3/t19-,20-/m0/s1. The van der Waals surface area contributed by atoms with Crippen molar-refractivity contribution in [3.05, 3.63) is 71.8 Å². The van der Waals surface area contributed by atoms with Gasteiger partial charge in [0.2, 0.25) is 0 Å². The number of hydrogen-bond acceptors (Lipinski definition) is 5. The topological polar surface area (TPSA) is 56.1 Å². The molecule has 0 saturated heterocycles. The van der Waals surface area contributed by atoms with Gasteiger partial charge < -0.3 is 9.74 Å². The van der Waals surface area contributed by atoms with Crippen molar-refractivity contribution in [3.63, 3.8) is 0 Å². The molecule has 1 aliphatic carbocycles. The number of nitrogens with zero attached hydrogens (tertiary/aromatic N) is 5. The smallest absolute Gasteiger partial charge is 0.270 e. The molecule has 1 fully saturated rings. The molecule has 1 heterocycles. The molecule has 1 aromatic heterocycles. The summed E-state index contributed by atoms with van der Waals surface area (Å²) in [7, 11) is 1.54. The van der Waals surface area contributed by atoms with Gasteiger partial charge >= 0.3 is 0 Å². The molecule has 140 valence electrons. The zero-order chi connectivity index (χ0) is 18.5. The van der Waals surface area contributed by atoms with Gasteiger partial charge in [-0.2, -0.15) is 0 Å². The summed E-state index contributed by atoms with van der Waals surface area (Å²) in [5.74, 6) is 1.08. The lowest BCUT2D eigenvalue weighted by molar-refractivity contribution is 0.0958. The van der Waals surface area contributed by atoms with E-state index in [0.717, 1.165) is 13.0 Å². The molecule has 2 atom stereocenters. The predicted octanol–water partition coefficient (Wildman–Crippen LogP) is 3.46. The highest BCUT2D eigenvalue weighted by atomic mass is 16.7. The van der Waals surface area contributed by atoms with Gasteiger partial charge in [-0.3, -0.25) is 0 Å². The fraction of sp³-hybridized carbons (Fsp3) is 0.381. The van der Waals surface area contributed by atoms with Crippen LogP contribution in [0.15, 0.2) is 60.7 Å². The first-order valence-electron chi connectivity index (χ1n) is 9.55. The Hall–Kier alpha value is -2.89. The maximum atomic E-state index is 5.10. The number of aromatic nitrogens is 4. The van der Waals surface area contributed by atoms with Crippen molar-refractivity contribution in [2.45, 2.75) is 44.2 Å². The Bertz CT molecular complexity index is 836. The van der Waals surface area contributed by atoms with Crippen LogP contribution in [0.3, 0.4) is 0 Å². The number of benzene rings is 2. The highest BCUT2D eigenvalue weighted by Gasteiger charge is 2.33. The summed E-state index contributed by atoms with van der Waals surface area (Å²) in [5.41, 5.74) is 2.63. The maximum absolute atomic E-state index is 5.10. The summed E-state index contributed by atoms with van der Waals surface area (Å²) >= 11 is 0. The Balaban J connectivity index is 1.69. The fourth-order valence-electron chi connectivity index (χ4n) is 4.08. The molecule has 0 bridgehead atoms. The van der Waals surface area contributed by atoms with E-state index in [9.17, 15) is 0 Å². The van der Waals surface area contributed by atoms with E-state index in [2.05, 4.69) is 74.9 Å². The molecule has 2 aromatic carbocycles. The molecule has 4 rings (SSSR count). The van der Waals surface area contributed by atoms with Crippen LogP contribution < -0.4 is 9.74 Å². The molecule has 0 N–H and O–H groups in total. The van der Waals surface area contributed by atoms with Crippen molar-refractivity contribution in [1.29, 1.82) is 0 Å². The summed E-state index contributed by atoms with van der Waals surface area (Å²) in [4.78, 5) is 8.57. The molecule has 1 saturated carbocycles. The van der Waals surface area contributed by atoms with Crippen LogP contribution in [0.25, 0.3) is 0 Å². The number of tetrazole rings is 1. The SMILES string of the molecule is COn1nnc(N(Cc2ccccc2)[C@H]2CCCC[C@H]2c2ccccc2)n1. The maximum Gasteiger partial charge on any atom is 0.270 e. The minimum atomic E-state index is 0.330. The lowest BCUT2D eigenvalue weighted by atomic mass is 9.79. The minimum absolute atomic E-state index is 0.330. The molecule has 0 amide bonds. The molecule has 6 heteroatoms. The Labute approximate surface area is 159 Å². The van der Waals surface area contributed by atoms with Gasteiger partial charge in [-0.15, -0.1) is 0 Å². The Morgan fingerprint density at radius 1 is 1.00 bits per heavy atom. The molecule has 0 aliphatic heterocycles. The van der Waals surface area contributed by atoms with E-state index in [4.69, 9.17) is 4.84 Å². The first-order chi connectivity index (χ1) is 13.3. The van der Waals surface area contributed by atoms with Crippen LogP contribution in [0.1, 0.15) is 42.7 Å². The van der Waals surface area contributed by atoms with Gasteiger partial charge in [0, 0.05) is 23.5 Å². The van der Waals surface area contributed by atoms with Gasteiger partial charge in [-0.1, -0.05) is 83.7 Å². The van der Waals surface area contributed by atoms with E-state index < -0.39 is 0 Å². The zero-order valence-corrected chi connectivity index (χ0v) is 15.6. The van der Waals surface area contributed by atoms with E-state index in [1.54, 1.807) is 7.11 Å². The van der Waals surface area contributed by atoms with Crippen LogP contribution in [-0.2, 0) is 6.54 Å². The van der Waals surface area contributed by atoms with Crippen LogP contribution in [0, 0.1) is 0 Å². The van der Waals surface area contributed by atoms with Gasteiger partial charge in [-0.25, -0.2) is 0 Å². The van der Waals surface area contributed by atoms with E-state index in [1.165, 1.54) is 35.3 Å². The van der Waals surface area contributed by atoms with E-state index in [0.29, 0.717) is 17.9 Å². The van der Waals surface area contributed by atoms with Crippen molar-refractivity contribution in [1.82, 2.24) is 20.4 Å². The van der Waals surface area contributed by atoms with E-state index in [1.807, 2.05) is 6.07 Å². The monoisotopic (exact) mass is 363 g/mol. The van der Waals surface area contributed by atoms with Crippen molar-refractivity contribution in [3.8, 4) is 0 Å². The Morgan fingerprint density at radius 3 is 2.41 bits per heavy atom. The first-order valence-corrected chi connectivity index (χ1v) is 9.55. The summed E-state index contributed by atoms with van der Waals surface area (Å²) in [5, 5.41) is 12.7. The van der Waals surface area contributed by atoms with E-state index >= 15 is 0 Å². The molecule has 0 spiro atoms. The van der Waals surface area contributed by atoms with Crippen molar-refractivity contribution < 1.29 is 4.84 Å². The largest absolute Gasteiger partial charge is 0.383 e. The number of hydrogen-bond donors (Lipinski definition) is 0. The minimum Gasteiger partial charge on any atom is -0.383 e. The number of rotatable bonds is 6. The Kier molecular flexibility index (Phi) is 5.32. The normalized spacial score (nSPS) is 19.6. The average molecular weight is 363 g/mol. The molecular formula is C21H25N5O. The highest BCUT2D eigenvalue weighted by molar-refractivity contribution is 5.36. The van der Waals surface area contributed by atoms with Gasteiger partial charge in [-0.05, 0) is 29.2 Å². The second-order valence-electron chi connectivity index (χ2n) is 7.01. The predicted molar refractivity (Wildman–Crippen MR) is 104 cm³/mol. The van der Waals surface area contributed by atoms with Crippen LogP contribution in [0.5, 0.6) is 0 Å². The molecule has 0 radical (unpaired) electrons. The third-order valence-corrected chi connectivity index (χ3v) is 5.36. The molecule has 1 aliphatic rings. The van der Waals surface area contributed by atoms with Gasteiger partial charge in [0.15, 0.2) is 0 Å². The third kappa shape index (κ3) is 3.94. The molecule has 0 unspecified atom stereocenters. The van der Waals surface area contributed by atoms with E-state index in [-0.39, 0.29) is 0 Å².